The maximum absolute atomic E-state index is 11.6. The van der Waals surface area contributed by atoms with Gasteiger partial charge >= 0.3 is 5.97 Å². The summed E-state index contributed by atoms with van der Waals surface area (Å²) < 4.78 is 5.61. The highest BCUT2D eigenvalue weighted by Gasteiger charge is 2.34. The molecule has 122 valence electrons. The number of esters is 1. The molecule has 2 nitrogen and oxygen atoms in total. The van der Waals surface area contributed by atoms with Gasteiger partial charge < -0.3 is 4.74 Å². The van der Waals surface area contributed by atoms with Gasteiger partial charge in [-0.2, -0.15) is 0 Å². The molecule has 0 spiro atoms. The molecule has 0 radical (unpaired) electrons. The molecule has 0 N–H and O–H groups in total. The third-order valence-corrected chi connectivity index (χ3v) is 4.85. The molecule has 2 atom stereocenters. The largest absolute Gasteiger partial charge is 0.430 e. The fourth-order valence-electron chi connectivity index (χ4n) is 3.31. The molecule has 3 rings (SSSR count). The molecule has 0 amide bonds. The van der Waals surface area contributed by atoms with E-state index in [9.17, 15) is 4.79 Å². The Kier molecular flexibility index (Phi) is 4.97. The highest BCUT2D eigenvalue weighted by molar-refractivity contribution is 7.24. The number of carbonyl (C=O) groups is 1. The summed E-state index contributed by atoms with van der Waals surface area (Å²) in [4.78, 5) is 11.6. The van der Waals surface area contributed by atoms with E-state index < -0.39 is 0 Å². The summed E-state index contributed by atoms with van der Waals surface area (Å²) >= 11 is 0. The fourth-order valence-corrected chi connectivity index (χ4v) is 3.89. The van der Waals surface area contributed by atoms with Gasteiger partial charge in [0.25, 0.3) is 0 Å². The van der Waals surface area contributed by atoms with E-state index in [4.69, 9.17) is 4.74 Å². The zero-order valence-electron chi connectivity index (χ0n) is 14.0. The molecule has 3 heteroatoms. The SMILES string of the molecule is CCC1C(OC(C)=O)=C(P)C(c2ccccc2)=C1c1ccccc1. The average Bonchev–Trinajstić information content (AvgIpc) is 2.88. The first-order valence-corrected chi connectivity index (χ1v) is 8.74. The molecule has 0 bridgehead atoms. The van der Waals surface area contributed by atoms with Gasteiger partial charge in [0.2, 0.25) is 0 Å². The number of hydrogen-bond acceptors (Lipinski definition) is 2. The second-order valence-corrected chi connectivity index (χ2v) is 6.43. The lowest BCUT2D eigenvalue weighted by Crippen LogP contribution is -2.09. The smallest absolute Gasteiger partial charge is 0.307 e. The average molecular weight is 336 g/mol. The fraction of sp³-hybridized carbons (Fsp3) is 0.190. The van der Waals surface area contributed by atoms with Crippen molar-refractivity contribution in [2.75, 3.05) is 0 Å². The van der Waals surface area contributed by atoms with Gasteiger partial charge in [0.15, 0.2) is 0 Å². The molecule has 2 aromatic rings. The van der Waals surface area contributed by atoms with Crippen molar-refractivity contribution >= 4 is 26.4 Å². The van der Waals surface area contributed by atoms with Crippen LogP contribution in [0.4, 0.5) is 0 Å². The van der Waals surface area contributed by atoms with E-state index in [0.717, 1.165) is 28.6 Å². The van der Waals surface area contributed by atoms with Crippen LogP contribution in [0, 0.1) is 5.92 Å². The Bertz CT molecular complexity index is 804. The molecule has 0 saturated heterocycles. The molecular weight excluding hydrogens is 315 g/mol. The summed E-state index contributed by atoms with van der Waals surface area (Å²) in [7, 11) is 2.79. The lowest BCUT2D eigenvalue weighted by molar-refractivity contribution is -0.137. The number of benzene rings is 2. The van der Waals surface area contributed by atoms with E-state index in [1.54, 1.807) is 0 Å². The molecule has 1 aliphatic rings. The van der Waals surface area contributed by atoms with Crippen LogP contribution in [0.3, 0.4) is 0 Å². The first kappa shape index (κ1) is 16.7. The monoisotopic (exact) mass is 336 g/mol. The van der Waals surface area contributed by atoms with Crippen molar-refractivity contribution in [3.63, 3.8) is 0 Å². The van der Waals surface area contributed by atoms with Crippen molar-refractivity contribution < 1.29 is 9.53 Å². The van der Waals surface area contributed by atoms with E-state index in [2.05, 4.69) is 40.4 Å². The molecule has 0 heterocycles. The van der Waals surface area contributed by atoms with Crippen LogP contribution in [0.5, 0.6) is 0 Å². The van der Waals surface area contributed by atoms with Crippen molar-refractivity contribution in [2.24, 2.45) is 5.92 Å². The quantitative estimate of drug-likeness (QED) is 0.560. The highest BCUT2D eigenvalue weighted by Crippen LogP contribution is 2.51. The first-order chi connectivity index (χ1) is 11.6. The minimum absolute atomic E-state index is 0.0824. The standard InChI is InChI=1S/C21H21O2P/c1-3-17-18(15-10-6-4-7-11-15)19(16-12-8-5-9-13-16)21(24)20(17)23-14(2)22/h4-13,17H,3,24H2,1-2H3. The Morgan fingerprint density at radius 3 is 2.04 bits per heavy atom. The Morgan fingerprint density at radius 1 is 1.00 bits per heavy atom. The number of allylic oxidation sites excluding steroid dienone is 3. The summed E-state index contributed by atoms with van der Waals surface area (Å²) in [5.74, 6) is 0.567. The van der Waals surface area contributed by atoms with Crippen LogP contribution in [0.25, 0.3) is 11.1 Å². The minimum atomic E-state index is -0.273. The Hall–Kier alpha value is -2.18. The van der Waals surface area contributed by atoms with Gasteiger partial charge in [-0.25, -0.2) is 0 Å². The van der Waals surface area contributed by atoms with Crippen LogP contribution in [-0.2, 0) is 9.53 Å². The summed E-state index contributed by atoms with van der Waals surface area (Å²) in [5, 5.41) is 0.974. The molecule has 2 aromatic carbocycles. The molecule has 1 aliphatic carbocycles. The van der Waals surface area contributed by atoms with Gasteiger partial charge in [0, 0.05) is 18.2 Å². The third-order valence-electron chi connectivity index (χ3n) is 4.28. The van der Waals surface area contributed by atoms with Crippen molar-refractivity contribution in [1.82, 2.24) is 0 Å². The van der Waals surface area contributed by atoms with E-state index in [0.29, 0.717) is 0 Å². The Morgan fingerprint density at radius 2 is 1.54 bits per heavy atom. The first-order valence-electron chi connectivity index (χ1n) is 8.17. The highest BCUT2D eigenvalue weighted by atomic mass is 31.0. The van der Waals surface area contributed by atoms with Gasteiger partial charge in [-0.05, 0) is 28.7 Å². The van der Waals surface area contributed by atoms with Gasteiger partial charge in [-0.3, -0.25) is 4.79 Å². The van der Waals surface area contributed by atoms with E-state index >= 15 is 0 Å². The Labute approximate surface area is 145 Å². The molecule has 2 unspecified atom stereocenters. The second kappa shape index (κ2) is 7.15. The number of hydrogen-bond donors (Lipinski definition) is 0. The minimum Gasteiger partial charge on any atom is -0.430 e. The lowest BCUT2D eigenvalue weighted by atomic mass is 9.89. The topological polar surface area (TPSA) is 26.3 Å². The predicted molar refractivity (Wildman–Crippen MR) is 102 cm³/mol. The summed E-state index contributed by atoms with van der Waals surface area (Å²) in [6, 6.07) is 20.6. The lowest BCUT2D eigenvalue weighted by Gasteiger charge is -2.18. The Balaban J connectivity index is 2.23. The number of ether oxygens (including phenoxy) is 1. The van der Waals surface area contributed by atoms with Gasteiger partial charge in [-0.15, -0.1) is 9.24 Å². The zero-order chi connectivity index (χ0) is 17.1. The molecular formula is C21H21O2P. The van der Waals surface area contributed by atoms with Crippen LogP contribution < -0.4 is 0 Å². The van der Waals surface area contributed by atoms with Gasteiger partial charge in [0.1, 0.15) is 5.76 Å². The number of rotatable bonds is 4. The van der Waals surface area contributed by atoms with Crippen molar-refractivity contribution in [1.29, 1.82) is 0 Å². The predicted octanol–water partition coefficient (Wildman–Crippen LogP) is 5.29. The zero-order valence-corrected chi connectivity index (χ0v) is 15.1. The third kappa shape index (κ3) is 3.07. The molecule has 0 aromatic heterocycles. The molecule has 0 saturated carbocycles. The second-order valence-electron chi connectivity index (χ2n) is 5.85. The van der Waals surface area contributed by atoms with Crippen LogP contribution in [0.2, 0.25) is 0 Å². The normalized spacial score (nSPS) is 17.4. The number of carbonyl (C=O) groups excluding carboxylic acids is 1. The van der Waals surface area contributed by atoms with Crippen LogP contribution in [-0.4, -0.2) is 5.97 Å². The van der Waals surface area contributed by atoms with Crippen LogP contribution >= 0.6 is 9.24 Å². The van der Waals surface area contributed by atoms with Gasteiger partial charge in [0.05, 0.1) is 0 Å². The van der Waals surface area contributed by atoms with Crippen molar-refractivity contribution in [2.45, 2.75) is 20.3 Å². The maximum Gasteiger partial charge on any atom is 0.307 e. The summed E-state index contributed by atoms with van der Waals surface area (Å²) in [6.07, 6.45) is 0.876. The molecule has 0 aliphatic heterocycles. The maximum atomic E-state index is 11.6. The van der Waals surface area contributed by atoms with Crippen molar-refractivity contribution in [3.05, 3.63) is 82.9 Å². The molecule has 0 fully saturated rings. The summed E-state index contributed by atoms with van der Waals surface area (Å²) in [6.45, 7) is 3.59. The van der Waals surface area contributed by atoms with E-state index in [-0.39, 0.29) is 11.9 Å². The van der Waals surface area contributed by atoms with Crippen LogP contribution in [0.1, 0.15) is 31.4 Å². The molecule has 24 heavy (non-hydrogen) atoms. The van der Waals surface area contributed by atoms with Crippen molar-refractivity contribution in [3.8, 4) is 0 Å². The van der Waals surface area contributed by atoms with Crippen LogP contribution in [0.15, 0.2) is 71.7 Å². The summed E-state index contributed by atoms with van der Waals surface area (Å²) in [5.41, 5.74) is 4.69. The van der Waals surface area contributed by atoms with E-state index in [1.807, 2.05) is 36.4 Å². The van der Waals surface area contributed by atoms with Gasteiger partial charge in [-0.1, -0.05) is 67.6 Å². The van der Waals surface area contributed by atoms with E-state index in [1.165, 1.54) is 18.1 Å².